The van der Waals surface area contributed by atoms with Crippen molar-refractivity contribution in [2.24, 2.45) is 0 Å². The number of methoxy groups -OCH3 is 1. The maximum atomic E-state index is 12.3. The van der Waals surface area contributed by atoms with Crippen LogP contribution in [0, 0.1) is 0 Å². The number of aromatic nitrogens is 3. The number of hydrogen-bond donors (Lipinski definition) is 2. The smallest absolute Gasteiger partial charge is 0.224 e. The maximum absolute atomic E-state index is 12.3. The van der Waals surface area contributed by atoms with E-state index in [1.54, 1.807) is 7.11 Å². The topological polar surface area (TPSA) is 89.1 Å². The van der Waals surface area contributed by atoms with E-state index < -0.39 is 0 Å². The molecule has 1 amide bonds. The minimum atomic E-state index is -0.00947. The fourth-order valence-corrected chi connectivity index (χ4v) is 3.21. The fraction of sp³-hybridized carbons (Fsp3) is 0.286. The van der Waals surface area contributed by atoms with Crippen molar-refractivity contribution < 1.29 is 14.3 Å². The number of benzene rings is 2. The number of fused-ring (bicyclic) bond motifs is 1. The van der Waals surface area contributed by atoms with E-state index in [9.17, 15) is 4.79 Å². The fourth-order valence-electron chi connectivity index (χ4n) is 3.21. The first-order chi connectivity index (χ1) is 13.7. The molecule has 2 aromatic carbocycles. The van der Waals surface area contributed by atoms with Gasteiger partial charge in [0.2, 0.25) is 5.91 Å². The van der Waals surface area contributed by atoms with Crippen LogP contribution in [0.15, 0.2) is 42.5 Å². The number of H-pyrrole nitrogens is 1. The van der Waals surface area contributed by atoms with E-state index in [-0.39, 0.29) is 5.91 Å². The second-order valence-electron chi connectivity index (χ2n) is 6.70. The van der Waals surface area contributed by atoms with Crippen molar-refractivity contribution in [3.63, 3.8) is 0 Å². The van der Waals surface area contributed by atoms with Crippen LogP contribution < -0.4 is 10.1 Å². The second-order valence-corrected chi connectivity index (χ2v) is 6.70. The molecule has 7 heteroatoms. The molecule has 0 saturated heterocycles. The molecule has 28 heavy (non-hydrogen) atoms. The second kappa shape index (κ2) is 8.22. The van der Waals surface area contributed by atoms with E-state index in [0.717, 1.165) is 35.6 Å². The summed E-state index contributed by atoms with van der Waals surface area (Å²) < 4.78 is 10.5. The van der Waals surface area contributed by atoms with Gasteiger partial charge in [0.1, 0.15) is 12.4 Å². The number of carbonyl (C=O) groups is 1. The monoisotopic (exact) mass is 378 g/mol. The Morgan fingerprint density at radius 2 is 2.11 bits per heavy atom. The first kappa shape index (κ1) is 18.2. The van der Waals surface area contributed by atoms with Crippen LogP contribution in [-0.2, 0) is 29.0 Å². The zero-order chi connectivity index (χ0) is 19.3. The largest absolute Gasteiger partial charge is 0.493 e. The maximum Gasteiger partial charge on any atom is 0.224 e. The van der Waals surface area contributed by atoms with E-state index in [0.29, 0.717) is 31.1 Å². The molecule has 1 aliphatic heterocycles. The van der Waals surface area contributed by atoms with Gasteiger partial charge in [-0.2, -0.15) is 5.10 Å². The van der Waals surface area contributed by atoms with Gasteiger partial charge in [0.05, 0.1) is 6.61 Å². The first-order valence-corrected chi connectivity index (χ1v) is 9.26. The Morgan fingerprint density at radius 3 is 2.93 bits per heavy atom. The third kappa shape index (κ3) is 4.20. The number of rotatable bonds is 7. The van der Waals surface area contributed by atoms with Gasteiger partial charge in [0, 0.05) is 31.2 Å². The predicted molar refractivity (Wildman–Crippen MR) is 105 cm³/mol. The summed E-state index contributed by atoms with van der Waals surface area (Å²) >= 11 is 0. The summed E-state index contributed by atoms with van der Waals surface area (Å²) in [5.41, 5.74) is 4.01. The van der Waals surface area contributed by atoms with Gasteiger partial charge < -0.3 is 14.8 Å². The molecule has 3 aromatic rings. The van der Waals surface area contributed by atoms with Gasteiger partial charge in [0.15, 0.2) is 11.6 Å². The lowest BCUT2D eigenvalue weighted by Gasteiger charge is -2.07. The molecule has 0 unspecified atom stereocenters. The highest BCUT2D eigenvalue weighted by molar-refractivity contribution is 5.91. The molecule has 7 nitrogen and oxygen atoms in total. The molecule has 0 saturated carbocycles. The Morgan fingerprint density at radius 1 is 1.25 bits per heavy atom. The number of hydrogen-bond acceptors (Lipinski definition) is 5. The molecule has 0 radical (unpaired) electrons. The van der Waals surface area contributed by atoms with Crippen LogP contribution >= 0.6 is 0 Å². The van der Waals surface area contributed by atoms with Crippen LogP contribution in [0.1, 0.15) is 23.4 Å². The highest BCUT2D eigenvalue weighted by Gasteiger charge is 2.13. The quantitative estimate of drug-likeness (QED) is 0.659. The van der Waals surface area contributed by atoms with Crippen molar-refractivity contribution in [1.29, 1.82) is 0 Å². The molecule has 1 aromatic heterocycles. The van der Waals surface area contributed by atoms with Gasteiger partial charge in [-0.05, 0) is 47.9 Å². The lowest BCUT2D eigenvalue weighted by molar-refractivity contribution is -0.116. The van der Waals surface area contributed by atoms with Gasteiger partial charge in [-0.1, -0.05) is 12.1 Å². The number of anilines is 1. The highest BCUT2D eigenvalue weighted by atomic mass is 16.5. The average molecular weight is 378 g/mol. The molecule has 0 fully saturated rings. The van der Waals surface area contributed by atoms with Gasteiger partial charge >= 0.3 is 0 Å². The molecule has 1 aliphatic rings. The van der Waals surface area contributed by atoms with Crippen molar-refractivity contribution in [2.45, 2.75) is 25.9 Å². The van der Waals surface area contributed by atoms with Crippen molar-refractivity contribution >= 4 is 11.6 Å². The van der Waals surface area contributed by atoms with E-state index in [1.807, 2.05) is 36.4 Å². The molecular formula is C21H22N4O3. The third-order valence-electron chi connectivity index (χ3n) is 4.63. The molecule has 0 aliphatic carbocycles. The highest BCUT2D eigenvalue weighted by Crippen LogP contribution is 2.26. The summed E-state index contributed by atoms with van der Waals surface area (Å²) in [7, 11) is 1.61. The Balaban J connectivity index is 1.31. The minimum Gasteiger partial charge on any atom is -0.493 e. The molecule has 0 atom stereocenters. The number of nitrogens with one attached hydrogen (secondary N) is 2. The van der Waals surface area contributed by atoms with Crippen molar-refractivity contribution in [3.8, 4) is 17.1 Å². The van der Waals surface area contributed by atoms with E-state index in [4.69, 9.17) is 9.47 Å². The van der Waals surface area contributed by atoms with Crippen molar-refractivity contribution in [2.75, 3.05) is 19.0 Å². The number of aryl methyl sites for hydroxylation is 1. The van der Waals surface area contributed by atoms with E-state index in [1.165, 1.54) is 5.56 Å². The zero-order valence-electron chi connectivity index (χ0n) is 15.7. The first-order valence-electron chi connectivity index (χ1n) is 9.26. The number of aromatic amines is 1. The predicted octanol–water partition coefficient (Wildman–Crippen LogP) is 3.12. The van der Waals surface area contributed by atoms with E-state index in [2.05, 4.69) is 26.6 Å². The van der Waals surface area contributed by atoms with Gasteiger partial charge in [-0.15, -0.1) is 0 Å². The summed E-state index contributed by atoms with van der Waals surface area (Å²) in [6.07, 6.45) is 2.08. The lowest BCUT2D eigenvalue weighted by atomic mass is 10.0. The normalized spacial score (nSPS) is 12.5. The lowest BCUT2D eigenvalue weighted by Crippen LogP contribution is -2.12. The Hall–Kier alpha value is -3.19. The summed E-state index contributed by atoms with van der Waals surface area (Å²) in [6.45, 7) is 1.13. The molecule has 4 rings (SSSR count). The third-order valence-corrected chi connectivity index (χ3v) is 4.63. The molecule has 0 bridgehead atoms. The number of carbonyl (C=O) groups excluding carboxylic acids is 1. The SMILES string of the molecule is COCc1nc(-c2ccc(NC(=O)CCc3ccc4c(c3)CCO4)cc2)n[nH]1. The average Bonchev–Trinajstić information content (AvgIpc) is 3.36. The number of nitrogens with zero attached hydrogens (tertiary/aromatic N) is 2. The molecule has 2 heterocycles. The standard InChI is InChI=1S/C21H22N4O3/c1-27-13-19-23-21(25-24-19)15-4-6-17(7-5-15)22-20(26)9-3-14-2-8-18-16(12-14)10-11-28-18/h2,4-8,12H,3,9-11,13H2,1H3,(H,22,26)(H,23,24,25). The molecule has 0 spiro atoms. The van der Waals surface area contributed by atoms with Crippen LogP contribution in [0.25, 0.3) is 11.4 Å². The summed E-state index contributed by atoms with van der Waals surface area (Å²) in [4.78, 5) is 16.6. The molecular weight excluding hydrogens is 356 g/mol. The van der Waals surface area contributed by atoms with Crippen LogP contribution in [0.2, 0.25) is 0 Å². The van der Waals surface area contributed by atoms with Crippen LogP contribution in [0.4, 0.5) is 5.69 Å². The van der Waals surface area contributed by atoms with Gasteiger partial charge in [-0.25, -0.2) is 4.98 Å². The number of ether oxygens (including phenoxy) is 2. The Kier molecular flexibility index (Phi) is 5.34. The summed E-state index contributed by atoms with van der Waals surface area (Å²) in [5.74, 6) is 2.23. The van der Waals surface area contributed by atoms with Crippen LogP contribution in [0.5, 0.6) is 5.75 Å². The van der Waals surface area contributed by atoms with E-state index >= 15 is 0 Å². The van der Waals surface area contributed by atoms with Crippen molar-refractivity contribution in [3.05, 3.63) is 59.4 Å². The van der Waals surface area contributed by atoms with Gasteiger partial charge in [0.25, 0.3) is 0 Å². The molecule has 2 N–H and O–H groups in total. The Labute approximate surface area is 163 Å². The summed E-state index contributed by atoms with van der Waals surface area (Å²) in [5, 5.41) is 9.94. The minimum absolute atomic E-state index is 0.00947. The zero-order valence-corrected chi connectivity index (χ0v) is 15.7. The van der Waals surface area contributed by atoms with Crippen LogP contribution in [0.3, 0.4) is 0 Å². The molecule has 144 valence electrons. The Bertz CT molecular complexity index is 966. The number of amides is 1. The van der Waals surface area contributed by atoms with Gasteiger partial charge in [-0.3, -0.25) is 9.89 Å². The van der Waals surface area contributed by atoms with Crippen LogP contribution in [-0.4, -0.2) is 34.8 Å². The van der Waals surface area contributed by atoms with Crippen molar-refractivity contribution in [1.82, 2.24) is 15.2 Å². The summed E-state index contributed by atoms with van der Waals surface area (Å²) in [6, 6.07) is 13.6.